The molecule has 5 heteroatoms. The van der Waals surface area contributed by atoms with Crippen molar-refractivity contribution < 1.29 is 4.79 Å². The topological polar surface area (TPSA) is 63.5 Å². The van der Waals surface area contributed by atoms with Crippen molar-refractivity contribution in [1.82, 2.24) is 14.7 Å². The Hall–Kier alpha value is -2.95. The second-order valence-electron chi connectivity index (χ2n) is 5.08. The molecule has 0 saturated heterocycles. The maximum Gasteiger partial charge on any atom is 0.270 e. The summed E-state index contributed by atoms with van der Waals surface area (Å²) in [5.41, 5.74) is 2.30. The lowest BCUT2D eigenvalue weighted by Crippen LogP contribution is -2.31. The molecule has 2 aromatic heterocycles. The molecule has 1 aromatic carbocycles. The van der Waals surface area contributed by atoms with Gasteiger partial charge in [-0.3, -0.25) is 14.0 Å². The van der Waals surface area contributed by atoms with Gasteiger partial charge < -0.3 is 5.32 Å². The fourth-order valence-corrected chi connectivity index (χ4v) is 2.28. The average molecular weight is 293 g/mol. The number of pyridine rings is 1. The molecule has 1 N–H and O–H groups in total. The van der Waals surface area contributed by atoms with Crippen molar-refractivity contribution in [1.29, 1.82) is 0 Å². The number of amides is 1. The number of benzene rings is 1. The van der Waals surface area contributed by atoms with Gasteiger partial charge in [-0.2, -0.15) is 0 Å². The van der Waals surface area contributed by atoms with E-state index in [-0.39, 0.29) is 11.1 Å². The average Bonchev–Trinajstić information content (AvgIpc) is 2.53. The van der Waals surface area contributed by atoms with E-state index < -0.39 is 5.91 Å². The predicted octanol–water partition coefficient (Wildman–Crippen LogP) is 1.93. The molecule has 0 fully saturated rings. The van der Waals surface area contributed by atoms with Crippen LogP contribution in [-0.2, 0) is 6.54 Å². The summed E-state index contributed by atoms with van der Waals surface area (Å²) in [5, 5.41) is 2.76. The van der Waals surface area contributed by atoms with Crippen LogP contribution in [0.2, 0.25) is 0 Å². The second-order valence-corrected chi connectivity index (χ2v) is 5.08. The molecule has 2 heterocycles. The molecule has 0 radical (unpaired) electrons. The summed E-state index contributed by atoms with van der Waals surface area (Å²) in [6.07, 6.45) is 2.92. The molecule has 1 amide bonds. The van der Waals surface area contributed by atoms with Crippen molar-refractivity contribution in [2.75, 3.05) is 0 Å². The number of rotatable bonds is 3. The first-order valence-electron chi connectivity index (χ1n) is 6.95. The Morgan fingerprint density at radius 1 is 1.23 bits per heavy atom. The van der Waals surface area contributed by atoms with E-state index in [1.807, 2.05) is 31.2 Å². The van der Waals surface area contributed by atoms with Gasteiger partial charge in [0.2, 0.25) is 0 Å². The third-order valence-corrected chi connectivity index (χ3v) is 3.39. The Morgan fingerprint density at radius 2 is 2.09 bits per heavy atom. The smallest absolute Gasteiger partial charge is 0.270 e. The summed E-state index contributed by atoms with van der Waals surface area (Å²) >= 11 is 0. The first-order valence-corrected chi connectivity index (χ1v) is 6.95. The molecule has 0 bridgehead atoms. The highest BCUT2D eigenvalue weighted by Gasteiger charge is 2.12. The van der Waals surface area contributed by atoms with Crippen LogP contribution in [0, 0.1) is 6.92 Å². The van der Waals surface area contributed by atoms with E-state index in [1.165, 1.54) is 10.6 Å². The summed E-state index contributed by atoms with van der Waals surface area (Å²) < 4.78 is 1.36. The molecule has 0 aliphatic rings. The maximum atomic E-state index is 12.3. The van der Waals surface area contributed by atoms with Crippen LogP contribution in [-0.4, -0.2) is 15.3 Å². The molecule has 5 nitrogen and oxygen atoms in total. The zero-order valence-corrected chi connectivity index (χ0v) is 12.1. The van der Waals surface area contributed by atoms with Crippen LogP contribution in [0.25, 0.3) is 5.65 Å². The summed E-state index contributed by atoms with van der Waals surface area (Å²) in [6.45, 7) is 2.36. The number of carbonyl (C=O) groups excluding carboxylic acids is 1. The minimum atomic E-state index is -0.419. The number of hydrogen-bond acceptors (Lipinski definition) is 3. The number of nitrogens with zero attached hydrogens (tertiary/aromatic N) is 2. The van der Waals surface area contributed by atoms with Crippen LogP contribution in [0.1, 0.15) is 21.5 Å². The van der Waals surface area contributed by atoms with Gasteiger partial charge in [-0.15, -0.1) is 0 Å². The zero-order valence-electron chi connectivity index (χ0n) is 12.1. The van der Waals surface area contributed by atoms with Crippen LogP contribution in [0.15, 0.2) is 59.7 Å². The van der Waals surface area contributed by atoms with Gasteiger partial charge in [0, 0.05) is 18.9 Å². The summed E-state index contributed by atoms with van der Waals surface area (Å²) in [4.78, 5) is 28.6. The van der Waals surface area contributed by atoms with Gasteiger partial charge in [-0.1, -0.05) is 35.9 Å². The molecule has 0 atom stereocenters. The molecular weight excluding hydrogens is 278 g/mol. The van der Waals surface area contributed by atoms with E-state index in [4.69, 9.17) is 0 Å². The minimum absolute atomic E-state index is 0.0383. The van der Waals surface area contributed by atoms with Gasteiger partial charge in [-0.05, 0) is 24.6 Å². The Labute approximate surface area is 127 Å². The van der Waals surface area contributed by atoms with E-state index in [0.717, 1.165) is 11.1 Å². The first kappa shape index (κ1) is 14.0. The quantitative estimate of drug-likeness (QED) is 0.802. The number of hydrogen-bond donors (Lipinski definition) is 1. The maximum absolute atomic E-state index is 12.3. The van der Waals surface area contributed by atoms with Gasteiger partial charge in [0.25, 0.3) is 11.5 Å². The van der Waals surface area contributed by atoms with Gasteiger partial charge in [0.15, 0.2) is 0 Å². The van der Waals surface area contributed by atoms with Crippen LogP contribution in [0.5, 0.6) is 0 Å². The normalized spacial score (nSPS) is 10.6. The van der Waals surface area contributed by atoms with E-state index in [1.54, 1.807) is 24.4 Å². The van der Waals surface area contributed by atoms with Gasteiger partial charge >= 0.3 is 0 Å². The van der Waals surface area contributed by atoms with E-state index in [0.29, 0.717) is 12.2 Å². The zero-order chi connectivity index (χ0) is 15.5. The summed E-state index contributed by atoms with van der Waals surface area (Å²) in [7, 11) is 0. The Bertz CT molecular complexity index is 900. The molecule has 0 spiro atoms. The van der Waals surface area contributed by atoms with Crippen molar-refractivity contribution >= 4 is 11.6 Å². The molecule has 0 unspecified atom stereocenters. The predicted molar refractivity (Wildman–Crippen MR) is 83.8 cm³/mol. The van der Waals surface area contributed by atoms with E-state index in [9.17, 15) is 9.59 Å². The van der Waals surface area contributed by atoms with Crippen LogP contribution >= 0.6 is 0 Å². The van der Waals surface area contributed by atoms with Crippen molar-refractivity contribution in [2.24, 2.45) is 0 Å². The molecule has 0 saturated carbocycles. The number of carbonyl (C=O) groups is 1. The van der Waals surface area contributed by atoms with Crippen molar-refractivity contribution in [3.05, 3.63) is 81.9 Å². The summed E-state index contributed by atoms with van der Waals surface area (Å²) in [5.74, 6) is -0.419. The van der Waals surface area contributed by atoms with Crippen LogP contribution in [0.3, 0.4) is 0 Å². The van der Waals surface area contributed by atoms with Crippen molar-refractivity contribution in [3.8, 4) is 0 Å². The lowest BCUT2D eigenvalue weighted by molar-refractivity contribution is 0.0949. The number of aromatic nitrogens is 2. The fourth-order valence-electron chi connectivity index (χ4n) is 2.28. The highest BCUT2D eigenvalue weighted by molar-refractivity contribution is 5.93. The van der Waals surface area contributed by atoms with E-state index >= 15 is 0 Å². The molecule has 0 aliphatic carbocycles. The van der Waals surface area contributed by atoms with Crippen LogP contribution < -0.4 is 10.9 Å². The second kappa shape index (κ2) is 5.81. The monoisotopic (exact) mass is 293 g/mol. The Balaban J connectivity index is 1.83. The molecule has 3 aromatic rings. The van der Waals surface area contributed by atoms with Crippen LogP contribution in [0.4, 0.5) is 0 Å². The minimum Gasteiger partial charge on any atom is -0.348 e. The molecule has 3 rings (SSSR count). The Morgan fingerprint density at radius 3 is 2.91 bits per heavy atom. The van der Waals surface area contributed by atoms with Crippen molar-refractivity contribution in [2.45, 2.75) is 13.5 Å². The largest absolute Gasteiger partial charge is 0.348 e. The molecule has 110 valence electrons. The first-order chi connectivity index (χ1) is 10.6. The molecule has 22 heavy (non-hydrogen) atoms. The number of nitrogens with one attached hydrogen (secondary N) is 1. The lowest BCUT2D eigenvalue weighted by atomic mass is 10.1. The number of aryl methyl sites for hydroxylation is 1. The van der Waals surface area contributed by atoms with Gasteiger partial charge in [0.05, 0.1) is 0 Å². The highest BCUT2D eigenvalue weighted by Crippen LogP contribution is 2.04. The van der Waals surface area contributed by atoms with Crippen molar-refractivity contribution in [3.63, 3.8) is 0 Å². The SMILES string of the molecule is Cc1cccc(CNC(=O)c2cnc3ccccn3c2=O)c1. The fraction of sp³-hybridized carbons (Fsp3) is 0.118. The third kappa shape index (κ3) is 2.74. The van der Waals surface area contributed by atoms with Gasteiger partial charge in [-0.25, -0.2) is 4.98 Å². The third-order valence-electron chi connectivity index (χ3n) is 3.39. The molecular formula is C17H15N3O2. The van der Waals surface area contributed by atoms with Gasteiger partial charge in [0.1, 0.15) is 11.2 Å². The standard InChI is InChI=1S/C17H15N3O2/c1-12-5-4-6-13(9-12)10-19-16(21)14-11-18-15-7-2-3-8-20(15)17(14)22/h2-9,11H,10H2,1H3,(H,19,21). The summed E-state index contributed by atoms with van der Waals surface area (Å²) in [6, 6.07) is 13.1. The molecule has 0 aliphatic heterocycles. The lowest BCUT2D eigenvalue weighted by Gasteiger charge is -2.06. The van der Waals surface area contributed by atoms with E-state index in [2.05, 4.69) is 10.3 Å². The Kier molecular flexibility index (Phi) is 3.70. The number of fused-ring (bicyclic) bond motifs is 1. The highest BCUT2D eigenvalue weighted by atomic mass is 16.2.